The third kappa shape index (κ3) is 3.83. The van der Waals surface area contributed by atoms with E-state index in [2.05, 4.69) is 22.4 Å². The van der Waals surface area contributed by atoms with Crippen molar-refractivity contribution in [2.24, 2.45) is 11.7 Å². The predicted molar refractivity (Wildman–Crippen MR) is 117 cm³/mol. The van der Waals surface area contributed by atoms with Crippen molar-refractivity contribution in [3.05, 3.63) is 53.7 Å². The number of primary amides is 1. The number of rotatable bonds is 6. The van der Waals surface area contributed by atoms with Gasteiger partial charge >= 0.3 is 0 Å². The molecule has 1 unspecified atom stereocenters. The summed E-state index contributed by atoms with van der Waals surface area (Å²) in [6.45, 7) is 2.11. The number of amides is 2. The zero-order chi connectivity index (χ0) is 21.4. The molecule has 30 heavy (non-hydrogen) atoms. The normalized spacial score (nSPS) is 14.4. The van der Waals surface area contributed by atoms with Crippen LogP contribution in [-0.4, -0.2) is 47.0 Å². The topological polar surface area (TPSA) is 101 Å². The van der Waals surface area contributed by atoms with E-state index in [4.69, 9.17) is 5.73 Å². The van der Waals surface area contributed by atoms with E-state index in [9.17, 15) is 9.59 Å². The molecule has 1 aliphatic carbocycles. The number of nitrogens with two attached hydrogens (primary N) is 1. The van der Waals surface area contributed by atoms with Gasteiger partial charge in [-0.3, -0.25) is 9.59 Å². The maximum absolute atomic E-state index is 12.1. The summed E-state index contributed by atoms with van der Waals surface area (Å²) in [4.78, 5) is 25.5. The van der Waals surface area contributed by atoms with Crippen molar-refractivity contribution >= 4 is 28.4 Å². The van der Waals surface area contributed by atoms with Gasteiger partial charge in [-0.15, -0.1) is 10.2 Å². The third-order valence-electron chi connectivity index (χ3n) is 5.57. The Labute approximate surface area is 175 Å². The molecule has 1 aliphatic rings. The van der Waals surface area contributed by atoms with Crippen LogP contribution in [0.3, 0.4) is 0 Å². The molecule has 1 aromatic heterocycles. The summed E-state index contributed by atoms with van der Waals surface area (Å²) in [6, 6.07) is 13.5. The Hall–Kier alpha value is -3.48. The number of nitrogens with one attached hydrogen (secondary N) is 1. The van der Waals surface area contributed by atoms with E-state index in [-0.39, 0.29) is 17.6 Å². The van der Waals surface area contributed by atoms with Gasteiger partial charge in [0, 0.05) is 31.1 Å². The average molecular weight is 403 g/mol. The second-order valence-electron chi connectivity index (χ2n) is 8.07. The molecule has 7 nitrogen and oxygen atoms in total. The molecule has 3 N–H and O–H groups in total. The van der Waals surface area contributed by atoms with Crippen molar-refractivity contribution in [3.63, 3.8) is 0 Å². The maximum atomic E-state index is 12.1. The van der Waals surface area contributed by atoms with Crippen molar-refractivity contribution in [1.82, 2.24) is 15.1 Å². The van der Waals surface area contributed by atoms with E-state index in [1.54, 1.807) is 19.0 Å². The lowest BCUT2D eigenvalue weighted by Gasteiger charge is -2.18. The highest BCUT2D eigenvalue weighted by molar-refractivity contribution is 6.05. The highest BCUT2D eigenvalue weighted by Gasteiger charge is 2.29. The van der Waals surface area contributed by atoms with E-state index in [0.717, 1.165) is 16.5 Å². The second-order valence-corrected chi connectivity index (χ2v) is 8.07. The first-order valence-corrected chi connectivity index (χ1v) is 10.0. The lowest BCUT2D eigenvalue weighted by molar-refractivity contribution is 0.0827. The molecule has 3 aromatic rings. The summed E-state index contributed by atoms with van der Waals surface area (Å²) < 4.78 is 0. The van der Waals surface area contributed by atoms with Gasteiger partial charge in [0.2, 0.25) is 0 Å². The Kier molecular flexibility index (Phi) is 5.11. The predicted octanol–water partition coefficient (Wildman–Crippen LogP) is 3.31. The zero-order valence-electron chi connectivity index (χ0n) is 17.3. The molecule has 2 aromatic carbocycles. The first kappa shape index (κ1) is 19.8. The molecule has 1 heterocycles. The molecule has 0 radical (unpaired) electrons. The van der Waals surface area contributed by atoms with Crippen LogP contribution in [0.15, 0.2) is 42.5 Å². The molecule has 0 spiro atoms. The lowest BCUT2D eigenvalue weighted by atomic mass is 10.0. The summed E-state index contributed by atoms with van der Waals surface area (Å²) in [5.74, 6) is -0.0258. The number of hydrogen-bond acceptors (Lipinski definition) is 5. The standard InChI is InChI=1S/C23H25N5O2/c1-13(14-4-5-14)25-20-18-11-10-17(12-19(18)26-27-21(20)22(24)29)15-6-8-16(9-7-15)23(30)28(2)3/h6-14H,4-5H2,1-3H3,(H2,24,29)(H,25,26). The Morgan fingerprint density at radius 3 is 2.33 bits per heavy atom. The van der Waals surface area contributed by atoms with Crippen LogP contribution >= 0.6 is 0 Å². The maximum Gasteiger partial charge on any atom is 0.271 e. The number of carbonyl (C=O) groups is 2. The van der Waals surface area contributed by atoms with E-state index in [1.807, 2.05) is 42.5 Å². The van der Waals surface area contributed by atoms with Crippen LogP contribution < -0.4 is 11.1 Å². The van der Waals surface area contributed by atoms with Crippen molar-refractivity contribution < 1.29 is 9.59 Å². The third-order valence-corrected chi connectivity index (χ3v) is 5.57. The first-order chi connectivity index (χ1) is 14.3. The highest BCUT2D eigenvalue weighted by Crippen LogP contribution is 2.36. The minimum Gasteiger partial charge on any atom is -0.380 e. The van der Waals surface area contributed by atoms with Gasteiger partial charge in [-0.1, -0.05) is 18.2 Å². The highest BCUT2D eigenvalue weighted by atomic mass is 16.2. The van der Waals surface area contributed by atoms with Gasteiger partial charge in [0.1, 0.15) is 0 Å². The SMILES string of the molecule is CC(Nc1c(C(N)=O)nnc2cc(-c3ccc(C(=O)N(C)C)cc3)ccc12)C1CC1. The number of hydrogen-bond donors (Lipinski definition) is 2. The monoisotopic (exact) mass is 403 g/mol. The number of anilines is 1. The molecule has 1 saturated carbocycles. The van der Waals surface area contributed by atoms with Gasteiger partial charge in [0.15, 0.2) is 5.69 Å². The van der Waals surface area contributed by atoms with Gasteiger partial charge in [-0.05, 0) is 61.1 Å². The molecule has 0 aliphatic heterocycles. The Bertz CT molecular complexity index is 1120. The summed E-state index contributed by atoms with van der Waals surface area (Å²) in [5.41, 5.74) is 9.58. The van der Waals surface area contributed by atoms with Crippen molar-refractivity contribution in [1.29, 1.82) is 0 Å². The quantitative estimate of drug-likeness (QED) is 0.658. The number of aromatic nitrogens is 2. The lowest BCUT2D eigenvalue weighted by Crippen LogP contribution is -2.23. The second kappa shape index (κ2) is 7.74. The number of carbonyl (C=O) groups excluding carboxylic acids is 2. The van der Waals surface area contributed by atoms with E-state index in [1.165, 1.54) is 12.8 Å². The Morgan fingerprint density at radius 2 is 1.73 bits per heavy atom. The number of nitrogens with zero attached hydrogens (tertiary/aromatic N) is 3. The van der Waals surface area contributed by atoms with Crippen molar-refractivity contribution in [2.75, 3.05) is 19.4 Å². The summed E-state index contributed by atoms with van der Waals surface area (Å²) >= 11 is 0. The molecule has 7 heteroatoms. The fraction of sp³-hybridized carbons (Fsp3) is 0.304. The van der Waals surface area contributed by atoms with Gasteiger partial charge < -0.3 is 16.0 Å². The fourth-order valence-electron chi connectivity index (χ4n) is 3.61. The van der Waals surface area contributed by atoms with Gasteiger partial charge in [0.05, 0.1) is 11.2 Å². The largest absolute Gasteiger partial charge is 0.380 e. The van der Waals surface area contributed by atoms with Crippen LogP contribution in [-0.2, 0) is 0 Å². The molecular weight excluding hydrogens is 378 g/mol. The van der Waals surface area contributed by atoms with Crippen LogP contribution in [0.2, 0.25) is 0 Å². The minimum absolute atomic E-state index is 0.0367. The van der Waals surface area contributed by atoms with E-state index >= 15 is 0 Å². The fourth-order valence-corrected chi connectivity index (χ4v) is 3.61. The Balaban J connectivity index is 1.71. The van der Waals surface area contributed by atoms with Crippen LogP contribution in [0.5, 0.6) is 0 Å². The minimum atomic E-state index is -0.597. The smallest absolute Gasteiger partial charge is 0.271 e. The molecule has 0 saturated heterocycles. The first-order valence-electron chi connectivity index (χ1n) is 10.0. The van der Waals surface area contributed by atoms with Gasteiger partial charge in [-0.25, -0.2) is 0 Å². The molecular formula is C23H25N5O2. The average Bonchev–Trinajstić information content (AvgIpc) is 3.58. The van der Waals surface area contributed by atoms with Crippen LogP contribution in [0.1, 0.15) is 40.6 Å². The van der Waals surface area contributed by atoms with Gasteiger partial charge in [0.25, 0.3) is 11.8 Å². The van der Waals surface area contributed by atoms with E-state index in [0.29, 0.717) is 22.7 Å². The molecule has 2 amide bonds. The van der Waals surface area contributed by atoms with Crippen molar-refractivity contribution in [2.45, 2.75) is 25.8 Å². The van der Waals surface area contributed by atoms with Gasteiger partial charge in [-0.2, -0.15) is 0 Å². The summed E-state index contributed by atoms with van der Waals surface area (Å²) in [5, 5.41) is 12.6. The van der Waals surface area contributed by atoms with Crippen LogP contribution in [0.4, 0.5) is 5.69 Å². The Morgan fingerprint density at radius 1 is 1.07 bits per heavy atom. The molecule has 1 fully saturated rings. The zero-order valence-corrected chi connectivity index (χ0v) is 17.3. The molecule has 154 valence electrons. The van der Waals surface area contributed by atoms with Crippen LogP contribution in [0, 0.1) is 5.92 Å². The molecule has 1 atom stereocenters. The number of fused-ring (bicyclic) bond motifs is 1. The number of benzene rings is 2. The van der Waals surface area contributed by atoms with E-state index < -0.39 is 5.91 Å². The van der Waals surface area contributed by atoms with Crippen molar-refractivity contribution in [3.8, 4) is 11.1 Å². The molecule has 0 bridgehead atoms. The van der Waals surface area contributed by atoms with Crippen LogP contribution in [0.25, 0.3) is 22.0 Å². The molecule has 4 rings (SSSR count). The summed E-state index contributed by atoms with van der Waals surface area (Å²) in [7, 11) is 3.46. The summed E-state index contributed by atoms with van der Waals surface area (Å²) in [6.07, 6.45) is 2.37.